The fourth-order valence-corrected chi connectivity index (χ4v) is 3.89. The lowest BCUT2D eigenvalue weighted by atomic mass is 9.61. The van der Waals surface area contributed by atoms with Crippen LogP contribution in [-0.2, 0) is 4.74 Å². The molecule has 1 fully saturated rings. The molecular formula is C17H22O2. The van der Waals surface area contributed by atoms with Gasteiger partial charge in [-0.1, -0.05) is 39.3 Å². The zero-order valence-corrected chi connectivity index (χ0v) is 12.0. The molecule has 2 heteroatoms. The topological polar surface area (TPSA) is 29.5 Å². The van der Waals surface area contributed by atoms with Gasteiger partial charge in [-0.15, -0.1) is 0 Å². The van der Waals surface area contributed by atoms with Crippen molar-refractivity contribution in [2.75, 3.05) is 6.61 Å². The van der Waals surface area contributed by atoms with Gasteiger partial charge in [-0.2, -0.15) is 0 Å². The number of fused-ring (bicyclic) bond motifs is 1. The number of phenols is 1. The molecule has 1 atom stereocenters. The Morgan fingerprint density at radius 1 is 1.16 bits per heavy atom. The van der Waals surface area contributed by atoms with Gasteiger partial charge in [0.2, 0.25) is 0 Å². The van der Waals surface area contributed by atoms with Gasteiger partial charge in [0.15, 0.2) is 0 Å². The molecule has 1 unspecified atom stereocenters. The normalized spacial score (nSPS) is 29.0. The van der Waals surface area contributed by atoms with Crippen molar-refractivity contribution in [2.45, 2.75) is 40.0 Å². The van der Waals surface area contributed by atoms with Crippen LogP contribution in [0.1, 0.15) is 45.6 Å². The molecule has 1 aliphatic heterocycles. The molecule has 2 aliphatic rings. The molecule has 0 spiro atoms. The molecule has 1 heterocycles. The largest absolute Gasteiger partial charge is 0.508 e. The summed E-state index contributed by atoms with van der Waals surface area (Å²) in [6, 6.07) is 7.42. The molecule has 0 bridgehead atoms. The number of hydrogen-bond donors (Lipinski definition) is 1. The van der Waals surface area contributed by atoms with Gasteiger partial charge < -0.3 is 9.84 Å². The summed E-state index contributed by atoms with van der Waals surface area (Å²) >= 11 is 0. The first kappa shape index (κ1) is 12.6. The van der Waals surface area contributed by atoms with E-state index in [1.54, 1.807) is 12.1 Å². The van der Waals surface area contributed by atoms with E-state index in [-0.39, 0.29) is 10.8 Å². The molecule has 3 rings (SSSR count). The van der Waals surface area contributed by atoms with Crippen LogP contribution in [0.4, 0.5) is 0 Å². The second-order valence-corrected chi connectivity index (χ2v) is 6.84. The third-order valence-corrected chi connectivity index (χ3v) is 4.68. The molecule has 0 radical (unpaired) electrons. The van der Waals surface area contributed by atoms with E-state index < -0.39 is 0 Å². The Kier molecular flexibility index (Phi) is 2.67. The van der Waals surface area contributed by atoms with Gasteiger partial charge in [0.1, 0.15) is 11.5 Å². The van der Waals surface area contributed by atoms with Crippen LogP contribution in [0.15, 0.2) is 29.8 Å². The van der Waals surface area contributed by atoms with Gasteiger partial charge in [-0.05, 0) is 36.0 Å². The first-order valence-electron chi connectivity index (χ1n) is 7.10. The zero-order chi connectivity index (χ0) is 13.7. The maximum absolute atomic E-state index is 9.69. The van der Waals surface area contributed by atoms with E-state index in [0.717, 1.165) is 17.9 Å². The van der Waals surface area contributed by atoms with Crippen molar-refractivity contribution >= 4 is 5.76 Å². The highest BCUT2D eigenvalue weighted by molar-refractivity contribution is 5.69. The van der Waals surface area contributed by atoms with Gasteiger partial charge in [0.25, 0.3) is 0 Å². The van der Waals surface area contributed by atoms with E-state index in [4.69, 9.17) is 4.74 Å². The van der Waals surface area contributed by atoms with Crippen molar-refractivity contribution in [3.8, 4) is 5.75 Å². The van der Waals surface area contributed by atoms with Crippen molar-refractivity contribution in [3.05, 3.63) is 35.4 Å². The van der Waals surface area contributed by atoms with Crippen LogP contribution in [0.3, 0.4) is 0 Å². The quantitative estimate of drug-likeness (QED) is 0.811. The molecule has 1 N–H and O–H groups in total. The fraction of sp³-hybridized carbons (Fsp3) is 0.529. The van der Waals surface area contributed by atoms with Crippen molar-refractivity contribution in [1.29, 1.82) is 0 Å². The van der Waals surface area contributed by atoms with E-state index in [9.17, 15) is 5.11 Å². The zero-order valence-electron chi connectivity index (χ0n) is 12.0. The molecular weight excluding hydrogens is 236 g/mol. The molecule has 0 amide bonds. The number of benzene rings is 1. The van der Waals surface area contributed by atoms with Crippen LogP contribution in [0.5, 0.6) is 5.75 Å². The Bertz CT molecular complexity index is 542. The highest BCUT2D eigenvalue weighted by atomic mass is 16.5. The van der Waals surface area contributed by atoms with Gasteiger partial charge in [0, 0.05) is 11.0 Å². The van der Waals surface area contributed by atoms with Crippen LogP contribution in [-0.4, -0.2) is 11.7 Å². The number of aromatic hydroxyl groups is 1. The van der Waals surface area contributed by atoms with Crippen molar-refractivity contribution in [3.63, 3.8) is 0 Å². The van der Waals surface area contributed by atoms with Crippen molar-refractivity contribution in [1.82, 2.24) is 0 Å². The van der Waals surface area contributed by atoms with Gasteiger partial charge >= 0.3 is 0 Å². The lowest BCUT2D eigenvalue weighted by Crippen LogP contribution is -2.34. The van der Waals surface area contributed by atoms with Gasteiger partial charge in [0.05, 0.1) is 6.61 Å². The Morgan fingerprint density at radius 3 is 2.68 bits per heavy atom. The molecule has 0 aromatic heterocycles. The number of rotatable bonds is 1. The van der Waals surface area contributed by atoms with Crippen LogP contribution in [0.2, 0.25) is 0 Å². The Morgan fingerprint density at radius 2 is 1.95 bits per heavy atom. The molecule has 1 aliphatic carbocycles. The lowest BCUT2D eigenvalue weighted by Gasteiger charge is -2.41. The SMILES string of the molecule is CC1(C)CCCC2(C)COC(c3cccc(O)c3)=C12. The minimum atomic E-state index is 0.169. The Labute approximate surface area is 115 Å². The monoisotopic (exact) mass is 258 g/mol. The lowest BCUT2D eigenvalue weighted by molar-refractivity contribution is 0.152. The van der Waals surface area contributed by atoms with Crippen molar-refractivity contribution < 1.29 is 9.84 Å². The Hall–Kier alpha value is -1.44. The molecule has 1 saturated carbocycles. The van der Waals surface area contributed by atoms with Crippen LogP contribution in [0, 0.1) is 10.8 Å². The predicted molar refractivity (Wildman–Crippen MR) is 76.7 cm³/mol. The van der Waals surface area contributed by atoms with E-state index in [2.05, 4.69) is 20.8 Å². The van der Waals surface area contributed by atoms with E-state index in [1.165, 1.54) is 24.8 Å². The number of phenolic OH excluding ortho intramolecular Hbond substituents is 1. The maximum Gasteiger partial charge on any atom is 0.127 e. The summed E-state index contributed by atoms with van der Waals surface area (Å²) in [7, 11) is 0. The first-order chi connectivity index (χ1) is 8.92. The highest BCUT2D eigenvalue weighted by Crippen LogP contribution is 2.57. The summed E-state index contributed by atoms with van der Waals surface area (Å²) in [4.78, 5) is 0. The van der Waals surface area contributed by atoms with Gasteiger partial charge in [-0.25, -0.2) is 0 Å². The molecule has 1 aromatic rings. The summed E-state index contributed by atoms with van der Waals surface area (Å²) in [5.74, 6) is 1.31. The summed E-state index contributed by atoms with van der Waals surface area (Å²) < 4.78 is 6.05. The van der Waals surface area contributed by atoms with Crippen LogP contribution < -0.4 is 0 Å². The molecule has 19 heavy (non-hydrogen) atoms. The maximum atomic E-state index is 9.69. The molecule has 102 valence electrons. The average molecular weight is 258 g/mol. The number of ether oxygens (including phenoxy) is 1. The second kappa shape index (κ2) is 4.03. The summed E-state index contributed by atoms with van der Waals surface area (Å²) in [6.07, 6.45) is 3.68. The highest BCUT2D eigenvalue weighted by Gasteiger charge is 2.48. The minimum Gasteiger partial charge on any atom is -0.508 e. The van der Waals surface area contributed by atoms with E-state index >= 15 is 0 Å². The molecule has 2 nitrogen and oxygen atoms in total. The predicted octanol–water partition coefficient (Wildman–Crippen LogP) is 4.35. The van der Waals surface area contributed by atoms with Gasteiger partial charge in [-0.3, -0.25) is 0 Å². The third-order valence-electron chi connectivity index (χ3n) is 4.68. The molecule has 0 saturated heterocycles. The van der Waals surface area contributed by atoms with Crippen LogP contribution in [0.25, 0.3) is 5.76 Å². The summed E-state index contributed by atoms with van der Waals surface area (Å²) in [5.41, 5.74) is 2.80. The average Bonchev–Trinajstić information content (AvgIpc) is 2.68. The third kappa shape index (κ3) is 1.94. The smallest absolute Gasteiger partial charge is 0.127 e. The second-order valence-electron chi connectivity index (χ2n) is 6.84. The van der Waals surface area contributed by atoms with Crippen molar-refractivity contribution in [2.24, 2.45) is 10.8 Å². The van der Waals surface area contributed by atoms with E-state index in [0.29, 0.717) is 5.75 Å². The van der Waals surface area contributed by atoms with Crippen LogP contribution >= 0.6 is 0 Å². The Balaban J connectivity index is 2.16. The fourth-order valence-electron chi connectivity index (χ4n) is 3.89. The minimum absolute atomic E-state index is 0.169. The molecule has 1 aromatic carbocycles. The number of hydrogen-bond acceptors (Lipinski definition) is 2. The van der Waals surface area contributed by atoms with E-state index in [1.807, 2.05) is 12.1 Å². The summed E-state index contributed by atoms with van der Waals surface area (Å²) in [5, 5.41) is 9.69. The standard InChI is InChI=1S/C17H22O2/c1-16(2)8-5-9-17(3)11-19-14(15(16)17)12-6-4-7-13(18)10-12/h4,6-7,10,18H,5,8-9,11H2,1-3H3. The summed E-state index contributed by atoms with van der Waals surface area (Å²) in [6.45, 7) is 7.73. The first-order valence-corrected chi connectivity index (χ1v) is 7.10.